The summed E-state index contributed by atoms with van der Waals surface area (Å²) in [6.07, 6.45) is 0. The summed E-state index contributed by atoms with van der Waals surface area (Å²) < 4.78 is 11.2. The van der Waals surface area contributed by atoms with E-state index in [9.17, 15) is 9.59 Å². The van der Waals surface area contributed by atoms with Crippen LogP contribution < -0.4 is 5.63 Å². The summed E-state index contributed by atoms with van der Waals surface area (Å²) in [5.74, 6) is -0.219. The molecule has 104 valence electrons. The first-order valence-electron chi connectivity index (χ1n) is 6.10. The first kappa shape index (κ1) is 14.8. The number of hydrogen-bond acceptors (Lipinski definition) is 4. The number of ether oxygens (including phenoxy) is 1. The Kier molecular flexibility index (Phi) is 4.59. The summed E-state index contributed by atoms with van der Waals surface area (Å²) in [5, 5.41) is 0. The Hall–Kier alpha value is -1.63. The number of esters is 1. The molecule has 0 saturated heterocycles. The summed E-state index contributed by atoms with van der Waals surface area (Å²) in [6.45, 7) is 3.58. The maximum absolute atomic E-state index is 11.9. The Bertz CT molecular complexity index is 686. The SMILES string of the molecule is CCOC(=O)c1cc(-c2ccc(I)cc2)c(=O)oc1C. The van der Waals surface area contributed by atoms with Gasteiger partial charge in [0.1, 0.15) is 5.76 Å². The Morgan fingerprint density at radius 1 is 1.30 bits per heavy atom. The van der Waals surface area contributed by atoms with Crippen LogP contribution in [0.1, 0.15) is 23.0 Å². The van der Waals surface area contributed by atoms with Crippen LogP contribution in [-0.2, 0) is 4.74 Å². The summed E-state index contributed by atoms with van der Waals surface area (Å²) in [7, 11) is 0. The minimum absolute atomic E-state index is 0.266. The van der Waals surface area contributed by atoms with Crippen LogP contribution in [0, 0.1) is 10.5 Å². The van der Waals surface area contributed by atoms with Crippen LogP contribution in [0.3, 0.4) is 0 Å². The monoisotopic (exact) mass is 384 g/mol. The Labute approximate surface area is 129 Å². The zero-order chi connectivity index (χ0) is 14.7. The van der Waals surface area contributed by atoms with Crippen LogP contribution in [0.25, 0.3) is 11.1 Å². The lowest BCUT2D eigenvalue weighted by Crippen LogP contribution is -2.12. The third-order valence-corrected chi connectivity index (χ3v) is 3.50. The number of rotatable bonds is 3. The molecule has 20 heavy (non-hydrogen) atoms. The van der Waals surface area contributed by atoms with E-state index in [-0.39, 0.29) is 17.9 Å². The predicted molar refractivity (Wildman–Crippen MR) is 83.8 cm³/mol. The van der Waals surface area contributed by atoms with Gasteiger partial charge in [0.05, 0.1) is 17.7 Å². The summed E-state index contributed by atoms with van der Waals surface area (Å²) in [6, 6.07) is 8.94. The number of aryl methyl sites for hydroxylation is 1. The molecule has 0 N–H and O–H groups in total. The van der Waals surface area contributed by atoms with Gasteiger partial charge in [0.2, 0.25) is 0 Å². The van der Waals surface area contributed by atoms with Crippen LogP contribution in [0.15, 0.2) is 39.5 Å². The Morgan fingerprint density at radius 2 is 1.95 bits per heavy atom. The second-order valence-corrected chi connectivity index (χ2v) is 5.39. The highest BCUT2D eigenvalue weighted by Gasteiger charge is 2.16. The van der Waals surface area contributed by atoms with Gasteiger partial charge in [-0.3, -0.25) is 0 Å². The minimum atomic E-state index is -0.486. The molecule has 1 aromatic carbocycles. The number of carbonyl (C=O) groups excluding carboxylic acids is 1. The van der Waals surface area contributed by atoms with Crippen molar-refractivity contribution < 1.29 is 13.9 Å². The van der Waals surface area contributed by atoms with Gasteiger partial charge < -0.3 is 9.15 Å². The van der Waals surface area contributed by atoms with E-state index in [2.05, 4.69) is 22.6 Å². The fraction of sp³-hybridized carbons (Fsp3) is 0.200. The normalized spacial score (nSPS) is 10.3. The molecule has 4 nitrogen and oxygen atoms in total. The molecule has 0 unspecified atom stereocenters. The first-order valence-corrected chi connectivity index (χ1v) is 7.18. The molecule has 1 heterocycles. The number of benzene rings is 1. The highest BCUT2D eigenvalue weighted by atomic mass is 127. The molecule has 1 aromatic heterocycles. The number of hydrogen-bond donors (Lipinski definition) is 0. The predicted octanol–water partition coefficient (Wildman–Crippen LogP) is 3.40. The molecule has 5 heteroatoms. The topological polar surface area (TPSA) is 56.5 Å². The third-order valence-electron chi connectivity index (χ3n) is 2.78. The van der Waals surface area contributed by atoms with Crippen molar-refractivity contribution in [3.63, 3.8) is 0 Å². The number of halogens is 1. The van der Waals surface area contributed by atoms with Gasteiger partial charge in [-0.05, 0) is 60.2 Å². The highest BCUT2D eigenvalue weighted by molar-refractivity contribution is 14.1. The molecule has 0 aliphatic rings. The van der Waals surface area contributed by atoms with Crippen molar-refractivity contribution >= 4 is 28.6 Å². The van der Waals surface area contributed by atoms with E-state index in [1.807, 2.05) is 24.3 Å². The molecule has 2 aromatic rings. The maximum Gasteiger partial charge on any atom is 0.343 e. The summed E-state index contributed by atoms with van der Waals surface area (Å²) in [5.41, 5.74) is 0.886. The fourth-order valence-corrected chi connectivity index (χ4v) is 2.16. The molecular weight excluding hydrogens is 371 g/mol. The van der Waals surface area contributed by atoms with E-state index in [1.165, 1.54) is 6.07 Å². The average molecular weight is 384 g/mol. The van der Waals surface area contributed by atoms with Gasteiger partial charge in [-0.2, -0.15) is 0 Å². The van der Waals surface area contributed by atoms with Crippen molar-refractivity contribution in [3.8, 4) is 11.1 Å². The second kappa shape index (κ2) is 6.21. The minimum Gasteiger partial charge on any atom is -0.462 e. The van der Waals surface area contributed by atoms with Gasteiger partial charge in [0.15, 0.2) is 0 Å². The van der Waals surface area contributed by atoms with Crippen LogP contribution in [-0.4, -0.2) is 12.6 Å². The fourth-order valence-electron chi connectivity index (χ4n) is 1.80. The molecule has 0 radical (unpaired) electrons. The van der Waals surface area contributed by atoms with Gasteiger partial charge in [-0.1, -0.05) is 12.1 Å². The van der Waals surface area contributed by atoms with E-state index in [0.29, 0.717) is 11.1 Å². The lowest BCUT2D eigenvalue weighted by Gasteiger charge is -2.07. The first-order chi connectivity index (χ1) is 9.52. The van der Waals surface area contributed by atoms with E-state index in [0.717, 1.165) is 3.57 Å². The molecule has 0 aliphatic heterocycles. The lowest BCUT2D eigenvalue weighted by molar-refractivity contribution is 0.0522. The number of carbonyl (C=O) groups is 1. The van der Waals surface area contributed by atoms with E-state index < -0.39 is 11.6 Å². The van der Waals surface area contributed by atoms with Gasteiger partial charge in [0, 0.05) is 3.57 Å². The van der Waals surface area contributed by atoms with Crippen LogP contribution in [0.5, 0.6) is 0 Å². The molecule has 0 aliphatic carbocycles. The molecule has 0 spiro atoms. The quantitative estimate of drug-likeness (QED) is 0.602. The third kappa shape index (κ3) is 3.09. The van der Waals surface area contributed by atoms with E-state index in [1.54, 1.807) is 13.8 Å². The Morgan fingerprint density at radius 3 is 2.55 bits per heavy atom. The van der Waals surface area contributed by atoms with Crippen molar-refractivity contribution in [2.75, 3.05) is 6.61 Å². The molecule has 0 fully saturated rings. The van der Waals surface area contributed by atoms with Crippen LogP contribution in [0.4, 0.5) is 0 Å². The van der Waals surface area contributed by atoms with E-state index in [4.69, 9.17) is 9.15 Å². The zero-order valence-electron chi connectivity index (χ0n) is 11.1. The maximum atomic E-state index is 11.9. The average Bonchev–Trinajstić information content (AvgIpc) is 2.40. The molecule has 0 atom stereocenters. The Balaban J connectivity index is 2.54. The van der Waals surface area contributed by atoms with Crippen molar-refractivity contribution in [2.24, 2.45) is 0 Å². The van der Waals surface area contributed by atoms with Gasteiger partial charge in [-0.15, -0.1) is 0 Å². The smallest absolute Gasteiger partial charge is 0.343 e. The molecule has 0 saturated carbocycles. The van der Waals surface area contributed by atoms with Crippen molar-refractivity contribution in [3.05, 3.63) is 55.6 Å². The largest absolute Gasteiger partial charge is 0.462 e. The molecule has 0 bridgehead atoms. The zero-order valence-corrected chi connectivity index (χ0v) is 13.3. The van der Waals surface area contributed by atoms with E-state index >= 15 is 0 Å². The second-order valence-electron chi connectivity index (χ2n) is 4.14. The lowest BCUT2D eigenvalue weighted by atomic mass is 10.1. The van der Waals surface area contributed by atoms with Gasteiger partial charge in [0.25, 0.3) is 0 Å². The molecule has 0 amide bonds. The van der Waals surface area contributed by atoms with Crippen molar-refractivity contribution in [1.29, 1.82) is 0 Å². The van der Waals surface area contributed by atoms with Gasteiger partial charge in [-0.25, -0.2) is 9.59 Å². The van der Waals surface area contributed by atoms with Crippen molar-refractivity contribution in [2.45, 2.75) is 13.8 Å². The molecular formula is C15H13IO4. The summed E-state index contributed by atoms with van der Waals surface area (Å²) in [4.78, 5) is 23.8. The standard InChI is InChI=1S/C15H13IO4/c1-3-19-14(17)12-8-13(15(18)20-9(12)2)10-4-6-11(16)7-5-10/h4-8H,3H2,1-2H3. The highest BCUT2D eigenvalue weighted by Crippen LogP contribution is 2.20. The molecule has 2 rings (SSSR count). The van der Waals surface area contributed by atoms with Crippen LogP contribution >= 0.6 is 22.6 Å². The van der Waals surface area contributed by atoms with Gasteiger partial charge >= 0.3 is 11.6 Å². The summed E-state index contributed by atoms with van der Waals surface area (Å²) >= 11 is 2.18. The van der Waals surface area contributed by atoms with Crippen LogP contribution in [0.2, 0.25) is 0 Å². The van der Waals surface area contributed by atoms with Crippen molar-refractivity contribution in [1.82, 2.24) is 0 Å².